The second-order valence-corrected chi connectivity index (χ2v) is 8.39. The van der Waals surface area contributed by atoms with E-state index in [2.05, 4.69) is 10.6 Å². The van der Waals surface area contributed by atoms with E-state index in [0.717, 1.165) is 63.1 Å². The highest BCUT2D eigenvalue weighted by molar-refractivity contribution is 5.92. The van der Waals surface area contributed by atoms with Gasteiger partial charge in [0.2, 0.25) is 5.91 Å². The number of hydrogen-bond donors (Lipinski definition) is 2. The number of amides is 1. The fraction of sp³-hybridized carbons (Fsp3) is 0.522. The molecule has 0 radical (unpaired) electrons. The summed E-state index contributed by atoms with van der Waals surface area (Å²) in [7, 11) is 1.61. The van der Waals surface area contributed by atoms with E-state index in [-0.39, 0.29) is 22.7 Å². The van der Waals surface area contributed by atoms with Crippen molar-refractivity contribution in [3.8, 4) is 5.75 Å². The van der Waals surface area contributed by atoms with Crippen LogP contribution in [0.5, 0.6) is 5.75 Å². The lowest BCUT2D eigenvalue weighted by atomic mass is 9.81. The highest BCUT2D eigenvalue weighted by atomic mass is 16.5. The predicted octanol–water partition coefficient (Wildman–Crippen LogP) is 2.75. The van der Waals surface area contributed by atoms with Crippen molar-refractivity contribution < 1.29 is 9.53 Å². The average Bonchev–Trinajstić information content (AvgIpc) is 3.30. The Labute approximate surface area is 176 Å². The normalized spacial score (nSPS) is 21.6. The summed E-state index contributed by atoms with van der Waals surface area (Å²) in [5.74, 6) is 1.24. The van der Waals surface area contributed by atoms with E-state index in [1.807, 2.05) is 29.2 Å². The van der Waals surface area contributed by atoms with Crippen LogP contribution in [-0.4, -0.2) is 32.7 Å². The number of nitrogens with zero attached hydrogens (tertiary/aromatic N) is 1. The fourth-order valence-corrected chi connectivity index (χ4v) is 4.58. The third kappa shape index (κ3) is 4.20. The van der Waals surface area contributed by atoms with Crippen molar-refractivity contribution in [1.82, 2.24) is 0 Å². The van der Waals surface area contributed by atoms with Crippen molar-refractivity contribution in [2.24, 2.45) is 11.8 Å². The molecule has 4 rings (SSSR count). The number of anilines is 3. The number of ether oxygens (including phenoxy) is 1. The number of carbonyl (C=O) groups excluding carboxylic acids is 1. The summed E-state index contributed by atoms with van der Waals surface area (Å²) in [6.45, 7) is 2.39. The van der Waals surface area contributed by atoms with E-state index >= 15 is 0 Å². The lowest BCUT2D eigenvalue weighted by molar-refractivity contribution is -0.121. The Morgan fingerprint density at radius 3 is 2.33 bits per heavy atom. The number of benzene rings is 1. The maximum atomic E-state index is 12.6. The van der Waals surface area contributed by atoms with Gasteiger partial charge in [-0.05, 0) is 68.7 Å². The summed E-state index contributed by atoms with van der Waals surface area (Å²) in [6, 6.07) is 7.34. The third-order valence-corrected chi connectivity index (χ3v) is 6.45. The number of nitrogens with one attached hydrogen (secondary N) is 2. The Balaban J connectivity index is 1.25. The lowest BCUT2D eigenvalue weighted by Crippen LogP contribution is -2.42. The van der Waals surface area contributed by atoms with Crippen LogP contribution in [0.25, 0.3) is 0 Å². The number of rotatable bonds is 7. The van der Waals surface area contributed by atoms with Gasteiger partial charge in [-0.15, -0.1) is 0 Å². The van der Waals surface area contributed by atoms with Gasteiger partial charge in [-0.3, -0.25) is 14.4 Å². The van der Waals surface area contributed by atoms with Gasteiger partial charge >= 0.3 is 0 Å². The highest BCUT2D eigenvalue weighted by Crippen LogP contribution is 2.31. The van der Waals surface area contributed by atoms with E-state index in [0.29, 0.717) is 23.8 Å². The summed E-state index contributed by atoms with van der Waals surface area (Å²) in [5.41, 5.74) is 1.13. The van der Waals surface area contributed by atoms with Crippen LogP contribution in [0.3, 0.4) is 0 Å². The maximum Gasteiger partial charge on any atom is 0.253 e. The standard InChI is InChI=1S/C23H29N3O4/c1-30-18-10-8-17(9-11-18)25-23(29)16-6-4-15(5-7-16)14-24-19-20(22(28)21(19)27)26-12-2-3-13-26/h8-11,15-16,24H,2-7,12-14H2,1H3,(H,25,29). The van der Waals surface area contributed by atoms with Gasteiger partial charge in [0.25, 0.3) is 10.9 Å². The molecular weight excluding hydrogens is 382 g/mol. The summed E-state index contributed by atoms with van der Waals surface area (Å²) >= 11 is 0. The van der Waals surface area contributed by atoms with Crippen molar-refractivity contribution in [3.05, 3.63) is 44.7 Å². The first-order chi connectivity index (χ1) is 14.6. The molecule has 1 heterocycles. The smallest absolute Gasteiger partial charge is 0.253 e. The molecule has 2 aromatic carbocycles. The minimum atomic E-state index is -0.385. The molecule has 2 fully saturated rings. The van der Waals surface area contributed by atoms with Crippen LogP contribution in [0.15, 0.2) is 33.9 Å². The van der Waals surface area contributed by atoms with E-state index in [1.165, 1.54) is 0 Å². The van der Waals surface area contributed by atoms with Crippen molar-refractivity contribution in [1.29, 1.82) is 0 Å². The van der Waals surface area contributed by atoms with Gasteiger partial charge in [0.1, 0.15) is 17.1 Å². The van der Waals surface area contributed by atoms with Crippen molar-refractivity contribution in [2.75, 3.05) is 42.3 Å². The molecule has 0 spiro atoms. The summed E-state index contributed by atoms with van der Waals surface area (Å²) in [4.78, 5) is 38.6. The summed E-state index contributed by atoms with van der Waals surface area (Å²) < 4.78 is 5.14. The van der Waals surface area contributed by atoms with Crippen LogP contribution in [-0.2, 0) is 4.79 Å². The highest BCUT2D eigenvalue weighted by Gasteiger charge is 2.30. The van der Waals surface area contributed by atoms with Crippen LogP contribution in [0.4, 0.5) is 17.1 Å². The third-order valence-electron chi connectivity index (χ3n) is 6.45. The minimum Gasteiger partial charge on any atom is -0.497 e. The Bertz CT molecular complexity index is 948. The first kappa shape index (κ1) is 20.4. The predicted molar refractivity (Wildman–Crippen MR) is 118 cm³/mol. The molecule has 1 amide bonds. The molecule has 0 bridgehead atoms. The molecule has 2 aliphatic rings. The first-order valence-electron chi connectivity index (χ1n) is 10.8. The van der Waals surface area contributed by atoms with Gasteiger partial charge in [-0.1, -0.05) is 0 Å². The molecule has 1 aliphatic heterocycles. The molecule has 0 aromatic heterocycles. The topological polar surface area (TPSA) is 87.7 Å². The Morgan fingerprint density at radius 2 is 1.70 bits per heavy atom. The number of carbonyl (C=O) groups is 1. The Kier molecular flexibility index (Phi) is 6.06. The van der Waals surface area contributed by atoms with Crippen LogP contribution in [0, 0.1) is 11.8 Å². The molecule has 7 heteroatoms. The number of hydrogen-bond acceptors (Lipinski definition) is 6. The fourth-order valence-electron chi connectivity index (χ4n) is 4.58. The largest absolute Gasteiger partial charge is 0.497 e. The lowest BCUT2D eigenvalue weighted by Gasteiger charge is -2.29. The molecule has 0 unspecified atom stereocenters. The second kappa shape index (κ2) is 8.90. The molecule has 1 saturated carbocycles. The van der Waals surface area contributed by atoms with Gasteiger partial charge in [-0.2, -0.15) is 0 Å². The number of methoxy groups -OCH3 is 1. The Hall–Kier alpha value is -2.83. The zero-order valence-corrected chi connectivity index (χ0v) is 17.4. The quantitative estimate of drug-likeness (QED) is 0.681. The van der Waals surface area contributed by atoms with E-state index in [9.17, 15) is 14.4 Å². The average molecular weight is 412 g/mol. The molecule has 2 N–H and O–H groups in total. The molecule has 30 heavy (non-hydrogen) atoms. The van der Waals surface area contributed by atoms with Gasteiger partial charge in [0.05, 0.1) is 7.11 Å². The molecule has 160 valence electrons. The molecule has 7 nitrogen and oxygen atoms in total. The monoisotopic (exact) mass is 411 g/mol. The van der Waals surface area contributed by atoms with Gasteiger partial charge < -0.3 is 20.3 Å². The van der Waals surface area contributed by atoms with Crippen LogP contribution in [0.2, 0.25) is 0 Å². The minimum absolute atomic E-state index is 0.00893. The van der Waals surface area contributed by atoms with Gasteiger partial charge in [-0.25, -0.2) is 0 Å². The Morgan fingerprint density at radius 1 is 1.03 bits per heavy atom. The SMILES string of the molecule is COc1ccc(NC(=O)C2CCC(CNc3c(N4CCCC4)c(=O)c3=O)CC2)cc1. The maximum absolute atomic E-state index is 12.6. The molecule has 2 aromatic rings. The van der Waals surface area contributed by atoms with E-state index in [4.69, 9.17) is 4.74 Å². The summed E-state index contributed by atoms with van der Waals surface area (Å²) in [5, 5.41) is 6.23. The molecule has 0 atom stereocenters. The van der Waals surface area contributed by atoms with E-state index < -0.39 is 0 Å². The van der Waals surface area contributed by atoms with Crippen molar-refractivity contribution >= 4 is 23.0 Å². The molecular formula is C23H29N3O4. The van der Waals surface area contributed by atoms with Gasteiger partial charge in [0, 0.05) is 31.2 Å². The zero-order chi connectivity index (χ0) is 21.1. The molecule has 1 aliphatic carbocycles. The second-order valence-electron chi connectivity index (χ2n) is 8.39. The van der Waals surface area contributed by atoms with Crippen molar-refractivity contribution in [3.63, 3.8) is 0 Å². The zero-order valence-electron chi connectivity index (χ0n) is 17.4. The van der Waals surface area contributed by atoms with Gasteiger partial charge in [0.15, 0.2) is 0 Å². The van der Waals surface area contributed by atoms with Crippen LogP contribution >= 0.6 is 0 Å². The first-order valence-corrected chi connectivity index (χ1v) is 10.8. The van der Waals surface area contributed by atoms with E-state index in [1.54, 1.807) is 7.11 Å². The van der Waals surface area contributed by atoms with Crippen molar-refractivity contribution in [2.45, 2.75) is 38.5 Å². The van der Waals surface area contributed by atoms with Crippen LogP contribution < -0.4 is 31.1 Å². The molecule has 1 saturated heterocycles. The van der Waals surface area contributed by atoms with Crippen LogP contribution in [0.1, 0.15) is 38.5 Å². The summed E-state index contributed by atoms with van der Waals surface area (Å²) in [6.07, 6.45) is 5.67.